The van der Waals surface area contributed by atoms with Crippen molar-refractivity contribution in [3.8, 4) is 17.1 Å². The van der Waals surface area contributed by atoms with E-state index in [1.54, 1.807) is 37.1 Å². The Labute approximate surface area is 210 Å². The van der Waals surface area contributed by atoms with E-state index in [0.717, 1.165) is 11.3 Å². The molecule has 6 rings (SSSR count). The van der Waals surface area contributed by atoms with Crippen LogP contribution in [0.3, 0.4) is 0 Å². The van der Waals surface area contributed by atoms with Crippen molar-refractivity contribution in [2.45, 2.75) is 17.6 Å². The third-order valence-electron chi connectivity index (χ3n) is 5.75. The van der Waals surface area contributed by atoms with Gasteiger partial charge in [-0.1, -0.05) is 30.0 Å². The number of carbonyl (C=O) groups is 1. The third-order valence-corrected chi connectivity index (χ3v) is 6.67. The van der Waals surface area contributed by atoms with Crippen LogP contribution in [0.4, 0.5) is 0 Å². The van der Waals surface area contributed by atoms with E-state index in [9.17, 15) is 4.79 Å². The molecule has 10 heteroatoms. The highest BCUT2D eigenvalue weighted by Crippen LogP contribution is 2.34. The number of amides is 1. The van der Waals surface area contributed by atoms with Crippen LogP contribution in [0.5, 0.6) is 0 Å². The topological polar surface area (TPSA) is 103 Å². The van der Waals surface area contributed by atoms with Crippen molar-refractivity contribution in [1.29, 1.82) is 0 Å². The zero-order chi connectivity index (χ0) is 24.3. The fourth-order valence-electron chi connectivity index (χ4n) is 4.09. The molecular weight excluding hydrogens is 476 g/mol. The number of thioether (sulfide) groups is 1. The predicted octanol–water partition coefficient (Wildman–Crippen LogP) is 4.99. The average Bonchev–Trinajstić information content (AvgIpc) is 3.74. The maximum atomic E-state index is 13.4. The summed E-state index contributed by atoms with van der Waals surface area (Å²) in [5, 5.41) is 15.5. The summed E-state index contributed by atoms with van der Waals surface area (Å²) in [6.07, 6.45) is 7.13. The highest BCUT2D eigenvalue weighted by Gasteiger charge is 2.36. The molecule has 0 saturated carbocycles. The van der Waals surface area contributed by atoms with Crippen LogP contribution in [0.1, 0.15) is 24.0 Å². The Morgan fingerprint density at radius 3 is 2.50 bits per heavy atom. The first-order valence-corrected chi connectivity index (χ1v) is 12.3. The zero-order valence-corrected chi connectivity index (χ0v) is 19.8. The molecule has 1 aromatic carbocycles. The molecule has 0 N–H and O–H groups in total. The molecule has 5 aromatic rings. The van der Waals surface area contributed by atoms with Gasteiger partial charge in [0.05, 0.1) is 18.3 Å². The number of benzene rings is 1. The van der Waals surface area contributed by atoms with Crippen molar-refractivity contribution in [3.63, 3.8) is 0 Å². The number of carbonyl (C=O) groups excluding carboxylic acids is 1. The molecule has 0 aliphatic carbocycles. The van der Waals surface area contributed by atoms with Crippen molar-refractivity contribution in [1.82, 2.24) is 24.8 Å². The third kappa shape index (κ3) is 4.22. The van der Waals surface area contributed by atoms with Crippen LogP contribution in [0.15, 0.2) is 111 Å². The molecule has 4 aromatic heterocycles. The summed E-state index contributed by atoms with van der Waals surface area (Å²) < 4.78 is 13.1. The molecule has 0 fully saturated rings. The van der Waals surface area contributed by atoms with Gasteiger partial charge in [0.1, 0.15) is 23.3 Å². The number of hydrazone groups is 1. The number of pyridine rings is 1. The summed E-state index contributed by atoms with van der Waals surface area (Å²) in [4.78, 5) is 17.5. The van der Waals surface area contributed by atoms with Crippen LogP contribution in [-0.2, 0) is 4.79 Å². The molecule has 0 bridgehead atoms. The molecule has 5 heterocycles. The Kier molecular flexibility index (Phi) is 5.92. The fourth-order valence-corrected chi connectivity index (χ4v) is 4.89. The largest absolute Gasteiger partial charge is 0.467 e. The monoisotopic (exact) mass is 496 g/mol. The van der Waals surface area contributed by atoms with Crippen LogP contribution in [-0.4, -0.2) is 42.1 Å². The molecule has 0 radical (unpaired) electrons. The number of rotatable bonds is 7. The van der Waals surface area contributed by atoms with Gasteiger partial charge in [0, 0.05) is 30.1 Å². The van der Waals surface area contributed by atoms with Crippen LogP contribution < -0.4 is 0 Å². The van der Waals surface area contributed by atoms with E-state index in [2.05, 4.69) is 20.3 Å². The fraction of sp³-hybridized carbons (Fsp3) is 0.115. The summed E-state index contributed by atoms with van der Waals surface area (Å²) in [7, 11) is 0. The van der Waals surface area contributed by atoms with E-state index in [4.69, 9.17) is 8.83 Å². The molecule has 0 saturated heterocycles. The van der Waals surface area contributed by atoms with Crippen molar-refractivity contribution < 1.29 is 13.6 Å². The summed E-state index contributed by atoms with van der Waals surface area (Å²) >= 11 is 1.31. The van der Waals surface area contributed by atoms with Crippen molar-refractivity contribution in [2.24, 2.45) is 5.10 Å². The molecule has 0 spiro atoms. The molecule has 1 unspecified atom stereocenters. The molecular formula is C26H20N6O3S. The number of nitrogens with zero attached hydrogens (tertiary/aromatic N) is 6. The molecule has 1 aliphatic heterocycles. The minimum absolute atomic E-state index is 0.119. The molecule has 36 heavy (non-hydrogen) atoms. The summed E-state index contributed by atoms with van der Waals surface area (Å²) in [5.41, 5.74) is 2.48. The predicted molar refractivity (Wildman–Crippen MR) is 133 cm³/mol. The Hall–Kier alpha value is -4.44. The van der Waals surface area contributed by atoms with Gasteiger partial charge in [-0.05, 0) is 48.5 Å². The molecule has 9 nitrogen and oxygen atoms in total. The summed E-state index contributed by atoms with van der Waals surface area (Å²) in [5.74, 6) is 1.93. The maximum absolute atomic E-state index is 13.4. The number of hydrogen-bond donors (Lipinski definition) is 0. The van der Waals surface area contributed by atoms with Crippen molar-refractivity contribution in [2.75, 3.05) is 5.75 Å². The van der Waals surface area contributed by atoms with E-state index in [0.29, 0.717) is 34.6 Å². The lowest BCUT2D eigenvalue weighted by atomic mass is 10.1. The minimum Gasteiger partial charge on any atom is -0.467 e. The van der Waals surface area contributed by atoms with Gasteiger partial charge >= 0.3 is 0 Å². The summed E-state index contributed by atoms with van der Waals surface area (Å²) in [6.45, 7) is 0. The smallest absolute Gasteiger partial charge is 0.253 e. The first-order chi connectivity index (χ1) is 17.8. The van der Waals surface area contributed by atoms with Crippen molar-refractivity contribution >= 4 is 23.4 Å². The number of hydrogen-bond acceptors (Lipinski definition) is 8. The maximum Gasteiger partial charge on any atom is 0.253 e. The van der Waals surface area contributed by atoms with Gasteiger partial charge in [-0.25, -0.2) is 5.01 Å². The Morgan fingerprint density at radius 2 is 1.75 bits per heavy atom. The van der Waals surface area contributed by atoms with Gasteiger partial charge in [-0.2, -0.15) is 5.10 Å². The van der Waals surface area contributed by atoms with E-state index in [1.807, 2.05) is 59.2 Å². The first-order valence-electron chi connectivity index (χ1n) is 11.3. The number of para-hydroxylation sites is 1. The van der Waals surface area contributed by atoms with E-state index in [-0.39, 0.29) is 17.7 Å². The van der Waals surface area contributed by atoms with Gasteiger partial charge < -0.3 is 8.83 Å². The van der Waals surface area contributed by atoms with Gasteiger partial charge in [0.15, 0.2) is 11.0 Å². The lowest BCUT2D eigenvalue weighted by Gasteiger charge is -2.19. The highest BCUT2D eigenvalue weighted by atomic mass is 32.2. The van der Waals surface area contributed by atoms with Gasteiger partial charge in [-0.3, -0.25) is 14.3 Å². The van der Waals surface area contributed by atoms with Crippen LogP contribution >= 0.6 is 11.8 Å². The molecule has 1 amide bonds. The van der Waals surface area contributed by atoms with Gasteiger partial charge in [0.2, 0.25) is 0 Å². The zero-order valence-electron chi connectivity index (χ0n) is 19.0. The quantitative estimate of drug-likeness (QED) is 0.293. The molecule has 178 valence electrons. The second kappa shape index (κ2) is 9.67. The second-order valence-electron chi connectivity index (χ2n) is 8.00. The Bertz CT molecular complexity index is 1480. The lowest BCUT2D eigenvalue weighted by Crippen LogP contribution is -2.28. The van der Waals surface area contributed by atoms with Gasteiger partial charge in [-0.15, -0.1) is 10.2 Å². The van der Waals surface area contributed by atoms with Crippen molar-refractivity contribution in [3.05, 3.63) is 103 Å². The minimum atomic E-state index is -0.340. The lowest BCUT2D eigenvalue weighted by molar-refractivity contribution is -0.130. The molecule has 1 aliphatic rings. The second-order valence-corrected chi connectivity index (χ2v) is 8.94. The molecule has 1 atom stereocenters. The van der Waals surface area contributed by atoms with Gasteiger partial charge in [0.25, 0.3) is 5.91 Å². The average molecular weight is 497 g/mol. The van der Waals surface area contributed by atoms with Crippen LogP contribution in [0.2, 0.25) is 0 Å². The number of aromatic nitrogens is 4. The van der Waals surface area contributed by atoms with E-state index in [1.165, 1.54) is 16.8 Å². The Balaban J connectivity index is 1.28. The highest BCUT2D eigenvalue weighted by molar-refractivity contribution is 7.99. The number of furan rings is 2. The Morgan fingerprint density at radius 1 is 0.944 bits per heavy atom. The van der Waals surface area contributed by atoms with E-state index >= 15 is 0 Å². The first kappa shape index (κ1) is 22.1. The van der Waals surface area contributed by atoms with Crippen LogP contribution in [0.25, 0.3) is 17.1 Å². The van der Waals surface area contributed by atoms with E-state index < -0.39 is 0 Å². The SMILES string of the molecule is O=C(CSc1nnc(-c2ccncc2)n1-c1ccccc1)N1N=C(c2ccco2)CC1c1ccco1. The standard InChI is InChI=1S/C26H20N6O3S/c33-24(32-21(23-9-5-15-35-23)16-20(30-32)22-8-4-14-34-22)17-36-26-29-28-25(18-10-12-27-13-11-18)31(26)19-6-2-1-3-7-19/h1-15,21H,16-17H2. The summed E-state index contributed by atoms with van der Waals surface area (Å²) in [6, 6.07) is 20.5. The van der Waals surface area contributed by atoms with Crippen LogP contribution in [0, 0.1) is 0 Å². The normalized spacial score (nSPS) is 15.3.